The summed E-state index contributed by atoms with van der Waals surface area (Å²) in [7, 11) is 3.34. The second kappa shape index (κ2) is 12.3. The third-order valence-electron chi connectivity index (χ3n) is 7.48. The van der Waals surface area contributed by atoms with Crippen LogP contribution < -0.4 is 9.47 Å². The van der Waals surface area contributed by atoms with Gasteiger partial charge in [-0.15, -0.1) is 0 Å². The van der Waals surface area contributed by atoms with Gasteiger partial charge in [-0.1, -0.05) is 55.5 Å². The maximum Gasteiger partial charge on any atom is 0.222 e. The Balaban J connectivity index is 1.62. The van der Waals surface area contributed by atoms with E-state index in [1.165, 1.54) is 0 Å². The van der Waals surface area contributed by atoms with Crippen LogP contribution in [0.1, 0.15) is 55.4 Å². The fourth-order valence-electron chi connectivity index (χ4n) is 5.19. The predicted molar refractivity (Wildman–Crippen MR) is 147 cm³/mol. The number of ether oxygens (including phenoxy) is 3. The summed E-state index contributed by atoms with van der Waals surface area (Å²) >= 11 is 0. The van der Waals surface area contributed by atoms with Gasteiger partial charge >= 0.3 is 0 Å². The normalized spacial score (nSPS) is 14.4. The number of hydrogen-bond acceptors (Lipinski definition) is 4. The van der Waals surface area contributed by atoms with Gasteiger partial charge in [-0.05, 0) is 78.6 Å². The van der Waals surface area contributed by atoms with Gasteiger partial charge < -0.3 is 19.1 Å². The van der Waals surface area contributed by atoms with Crippen molar-refractivity contribution in [3.63, 3.8) is 0 Å². The Labute approximate surface area is 221 Å². The topological polar surface area (TPSA) is 48.0 Å². The maximum absolute atomic E-state index is 12.7. The summed E-state index contributed by atoms with van der Waals surface area (Å²) in [6.07, 6.45) is 3.49. The minimum atomic E-state index is -0.799. The molecular weight excluding hydrogens is 462 g/mol. The van der Waals surface area contributed by atoms with E-state index in [1.54, 1.807) is 14.2 Å². The van der Waals surface area contributed by atoms with E-state index in [0.29, 0.717) is 13.0 Å². The Kier molecular flexibility index (Phi) is 8.88. The first kappa shape index (κ1) is 26.7. The Bertz CT molecular complexity index is 1080. The first-order valence-corrected chi connectivity index (χ1v) is 13.3. The molecule has 1 heterocycles. The van der Waals surface area contributed by atoms with Crippen molar-refractivity contribution in [2.45, 2.75) is 45.1 Å². The molecular formula is C32H39NO4. The van der Waals surface area contributed by atoms with Gasteiger partial charge in [0.25, 0.3) is 0 Å². The van der Waals surface area contributed by atoms with Crippen molar-refractivity contribution < 1.29 is 19.0 Å². The molecule has 3 aromatic rings. The lowest BCUT2D eigenvalue weighted by Gasteiger charge is -2.36. The van der Waals surface area contributed by atoms with E-state index in [9.17, 15) is 4.79 Å². The number of carbonyl (C=O) groups is 1. The van der Waals surface area contributed by atoms with E-state index >= 15 is 0 Å². The smallest absolute Gasteiger partial charge is 0.222 e. The monoisotopic (exact) mass is 501 g/mol. The molecule has 0 aliphatic carbocycles. The Hall–Kier alpha value is -3.31. The summed E-state index contributed by atoms with van der Waals surface area (Å²) in [6, 6.07) is 24.6. The van der Waals surface area contributed by atoms with Crippen LogP contribution >= 0.6 is 0 Å². The zero-order chi connectivity index (χ0) is 26.3. The molecule has 1 aliphatic rings. The number of nitrogens with zero attached hydrogens (tertiary/aromatic N) is 1. The molecule has 0 spiro atoms. The van der Waals surface area contributed by atoms with Gasteiger partial charge in [0, 0.05) is 26.1 Å². The van der Waals surface area contributed by atoms with Gasteiger partial charge in [0.15, 0.2) is 0 Å². The largest absolute Gasteiger partial charge is 0.497 e. The number of aryl methyl sites for hydroxylation is 1. The number of rotatable bonds is 10. The minimum Gasteiger partial charge on any atom is -0.497 e. The number of piperidine rings is 1. The lowest BCUT2D eigenvalue weighted by Crippen LogP contribution is -2.38. The molecule has 0 radical (unpaired) electrons. The number of amides is 1. The highest BCUT2D eigenvalue weighted by atomic mass is 16.5. The minimum absolute atomic E-state index is 0.260. The average Bonchev–Trinajstić information content (AvgIpc) is 2.95. The van der Waals surface area contributed by atoms with Crippen molar-refractivity contribution in [2.24, 2.45) is 5.92 Å². The quantitative estimate of drug-likeness (QED) is 0.309. The molecule has 4 rings (SSSR count). The molecule has 0 saturated carbocycles. The van der Waals surface area contributed by atoms with Gasteiger partial charge in [-0.25, -0.2) is 0 Å². The molecule has 1 fully saturated rings. The van der Waals surface area contributed by atoms with E-state index in [0.717, 1.165) is 72.0 Å². The summed E-state index contributed by atoms with van der Waals surface area (Å²) in [5, 5.41) is 0. The Morgan fingerprint density at radius 3 is 1.70 bits per heavy atom. The van der Waals surface area contributed by atoms with Gasteiger partial charge in [0.05, 0.1) is 14.2 Å². The molecule has 0 N–H and O–H groups in total. The molecule has 1 amide bonds. The summed E-state index contributed by atoms with van der Waals surface area (Å²) in [5.74, 6) is 2.58. The van der Waals surface area contributed by atoms with E-state index < -0.39 is 5.60 Å². The zero-order valence-corrected chi connectivity index (χ0v) is 22.5. The van der Waals surface area contributed by atoms with Crippen molar-refractivity contribution in [3.05, 3.63) is 95.1 Å². The Morgan fingerprint density at radius 2 is 1.27 bits per heavy atom. The Morgan fingerprint density at radius 1 is 0.811 bits per heavy atom. The van der Waals surface area contributed by atoms with Crippen LogP contribution in [0.25, 0.3) is 0 Å². The van der Waals surface area contributed by atoms with Crippen LogP contribution in [0, 0.1) is 5.92 Å². The highest BCUT2D eigenvalue weighted by Crippen LogP contribution is 2.41. The van der Waals surface area contributed by atoms with E-state index in [4.69, 9.17) is 14.2 Å². The second-order valence-electron chi connectivity index (χ2n) is 9.83. The second-order valence-corrected chi connectivity index (χ2v) is 9.83. The number of carbonyl (C=O) groups excluding carboxylic acids is 1. The van der Waals surface area contributed by atoms with Gasteiger partial charge in [0.2, 0.25) is 5.91 Å². The molecule has 1 aliphatic heterocycles. The summed E-state index contributed by atoms with van der Waals surface area (Å²) in [5.41, 5.74) is 3.42. The van der Waals surface area contributed by atoms with Gasteiger partial charge in [-0.2, -0.15) is 0 Å². The van der Waals surface area contributed by atoms with Crippen LogP contribution in [0.15, 0.2) is 72.8 Å². The lowest BCUT2D eigenvalue weighted by atomic mass is 9.79. The van der Waals surface area contributed by atoms with Crippen LogP contribution in [-0.4, -0.2) is 44.7 Å². The number of benzene rings is 3. The van der Waals surface area contributed by atoms with Crippen molar-refractivity contribution >= 4 is 5.91 Å². The molecule has 3 aromatic carbocycles. The number of hydrogen-bond donors (Lipinski definition) is 0. The van der Waals surface area contributed by atoms with Crippen LogP contribution in [-0.2, 0) is 21.6 Å². The van der Waals surface area contributed by atoms with Crippen LogP contribution in [0.3, 0.4) is 0 Å². The van der Waals surface area contributed by atoms with E-state index in [-0.39, 0.29) is 5.91 Å². The SMILES string of the molecule is CCOC(c1ccc(CCC(=O)N2CCC(C)CC2)cc1)(c1ccc(OC)cc1)c1ccc(OC)cc1. The fourth-order valence-corrected chi connectivity index (χ4v) is 5.19. The van der Waals surface area contributed by atoms with Crippen LogP contribution in [0.2, 0.25) is 0 Å². The molecule has 0 unspecified atom stereocenters. The van der Waals surface area contributed by atoms with Crippen LogP contribution in [0.4, 0.5) is 0 Å². The number of methoxy groups -OCH3 is 2. The molecule has 37 heavy (non-hydrogen) atoms. The van der Waals surface area contributed by atoms with Gasteiger partial charge in [-0.3, -0.25) is 4.79 Å². The molecule has 0 bridgehead atoms. The van der Waals surface area contributed by atoms with Crippen molar-refractivity contribution in [2.75, 3.05) is 33.9 Å². The lowest BCUT2D eigenvalue weighted by molar-refractivity contribution is -0.132. The molecule has 5 nitrogen and oxygen atoms in total. The zero-order valence-electron chi connectivity index (χ0n) is 22.5. The predicted octanol–water partition coefficient (Wildman–Crippen LogP) is 6.22. The standard InChI is InChI=1S/C32H39NO4/c1-5-37-32(27-11-15-29(35-3)16-12-27,28-13-17-30(36-4)18-14-28)26-9-6-25(7-10-26)8-19-31(34)33-22-20-24(2)21-23-33/h6-7,9-18,24H,5,8,19-23H2,1-4H3. The summed E-state index contributed by atoms with van der Waals surface area (Å²) in [4.78, 5) is 14.8. The third kappa shape index (κ3) is 5.99. The maximum atomic E-state index is 12.7. The number of likely N-dealkylation sites (tertiary alicyclic amines) is 1. The molecule has 1 saturated heterocycles. The van der Waals surface area contributed by atoms with E-state index in [2.05, 4.69) is 55.5 Å². The first-order valence-electron chi connectivity index (χ1n) is 13.3. The average molecular weight is 502 g/mol. The van der Waals surface area contributed by atoms with Crippen molar-refractivity contribution in [1.82, 2.24) is 4.90 Å². The molecule has 0 aromatic heterocycles. The molecule has 196 valence electrons. The highest BCUT2D eigenvalue weighted by molar-refractivity contribution is 5.76. The molecule has 5 heteroatoms. The first-order chi connectivity index (χ1) is 18.0. The third-order valence-corrected chi connectivity index (χ3v) is 7.48. The molecule has 0 atom stereocenters. The fraction of sp³-hybridized carbons (Fsp3) is 0.406. The van der Waals surface area contributed by atoms with Crippen molar-refractivity contribution in [3.8, 4) is 11.5 Å². The van der Waals surface area contributed by atoms with Crippen LogP contribution in [0.5, 0.6) is 11.5 Å². The summed E-state index contributed by atoms with van der Waals surface area (Å²) < 4.78 is 17.4. The summed E-state index contributed by atoms with van der Waals surface area (Å²) in [6.45, 7) is 6.59. The highest BCUT2D eigenvalue weighted by Gasteiger charge is 2.37. The van der Waals surface area contributed by atoms with Gasteiger partial charge in [0.1, 0.15) is 17.1 Å². The van der Waals surface area contributed by atoms with E-state index in [1.807, 2.05) is 36.1 Å². The van der Waals surface area contributed by atoms with Crippen molar-refractivity contribution in [1.29, 1.82) is 0 Å².